The van der Waals surface area contributed by atoms with E-state index >= 15 is 0 Å². The Bertz CT molecular complexity index is 1500. The zero-order valence-corrected chi connectivity index (χ0v) is 20.7. The molecule has 10 heteroatoms. The predicted octanol–water partition coefficient (Wildman–Crippen LogP) is 5.91. The van der Waals surface area contributed by atoms with Crippen molar-refractivity contribution in [1.82, 2.24) is 10.3 Å². The zero-order chi connectivity index (χ0) is 28.0. The Morgan fingerprint density at radius 3 is 2.13 bits per heavy atom. The minimum Gasteiger partial charge on any atom is -0.347 e. The van der Waals surface area contributed by atoms with Gasteiger partial charge in [0.1, 0.15) is 11.5 Å². The highest BCUT2D eigenvalue weighted by atomic mass is 19.4. The number of carbonyl (C=O) groups is 3. The van der Waals surface area contributed by atoms with E-state index in [1.807, 2.05) is 0 Å². The number of anilines is 2. The molecule has 0 unspecified atom stereocenters. The van der Waals surface area contributed by atoms with Crippen LogP contribution < -0.4 is 16.0 Å². The molecule has 0 atom stereocenters. The molecule has 3 aromatic carbocycles. The van der Waals surface area contributed by atoms with Crippen LogP contribution in [0.3, 0.4) is 0 Å². The van der Waals surface area contributed by atoms with E-state index in [1.165, 1.54) is 25.1 Å². The summed E-state index contributed by atoms with van der Waals surface area (Å²) in [5.41, 5.74) is 1.95. The molecular formula is C29H23F3N4O3. The fraction of sp³-hybridized carbons (Fsp3) is 0.103. The van der Waals surface area contributed by atoms with Gasteiger partial charge in [-0.15, -0.1) is 0 Å². The molecule has 1 aromatic heterocycles. The second kappa shape index (κ2) is 11.6. The summed E-state index contributed by atoms with van der Waals surface area (Å²) >= 11 is 0. The largest absolute Gasteiger partial charge is 0.416 e. The lowest BCUT2D eigenvalue weighted by atomic mass is 9.98. The van der Waals surface area contributed by atoms with E-state index in [2.05, 4.69) is 20.9 Å². The molecule has 0 saturated carbocycles. The smallest absolute Gasteiger partial charge is 0.347 e. The van der Waals surface area contributed by atoms with Crippen molar-refractivity contribution in [1.29, 1.82) is 0 Å². The van der Waals surface area contributed by atoms with Crippen LogP contribution in [0.4, 0.5) is 24.7 Å². The number of halogens is 3. The van der Waals surface area contributed by atoms with Crippen LogP contribution >= 0.6 is 0 Å². The Hall–Kier alpha value is -4.99. The molecular weight excluding hydrogens is 509 g/mol. The maximum Gasteiger partial charge on any atom is 0.416 e. The number of nitrogens with zero attached hydrogens (tertiary/aromatic N) is 1. The minimum absolute atomic E-state index is 0.150. The van der Waals surface area contributed by atoms with E-state index in [-0.39, 0.29) is 24.0 Å². The van der Waals surface area contributed by atoms with Crippen molar-refractivity contribution in [3.8, 4) is 11.1 Å². The van der Waals surface area contributed by atoms with Gasteiger partial charge >= 0.3 is 6.18 Å². The Morgan fingerprint density at radius 2 is 1.46 bits per heavy atom. The number of hydrogen-bond acceptors (Lipinski definition) is 4. The first-order chi connectivity index (χ1) is 18.6. The zero-order valence-electron chi connectivity index (χ0n) is 20.7. The average Bonchev–Trinajstić information content (AvgIpc) is 2.92. The number of amides is 3. The maximum absolute atomic E-state index is 13.0. The predicted molar refractivity (Wildman–Crippen MR) is 141 cm³/mol. The van der Waals surface area contributed by atoms with Crippen molar-refractivity contribution in [2.24, 2.45) is 0 Å². The Balaban J connectivity index is 1.39. The van der Waals surface area contributed by atoms with Gasteiger partial charge < -0.3 is 16.0 Å². The van der Waals surface area contributed by atoms with Crippen LogP contribution in [0, 0.1) is 0 Å². The number of pyridine rings is 1. The Morgan fingerprint density at radius 1 is 0.769 bits per heavy atom. The van der Waals surface area contributed by atoms with Crippen LogP contribution in [0.2, 0.25) is 0 Å². The highest BCUT2D eigenvalue weighted by molar-refractivity contribution is 6.08. The maximum atomic E-state index is 13.0. The van der Waals surface area contributed by atoms with E-state index in [1.54, 1.807) is 60.7 Å². The average molecular weight is 533 g/mol. The van der Waals surface area contributed by atoms with Crippen molar-refractivity contribution in [3.05, 3.63) is 113 Å². The van der Waals surface area contributed by atoms with Crippen molar-refractivity contribution >= 4 is 29.2 Å². The highest BCUT2D eigenvalue weighted by Gasteiger charge is 2.30. The van der Waals surface area contributed by atoms with E-state index < -0.39 is 23.6 Å². The standard InChI is InChI=1S/C29H23F3N4O3/c1-18(37)34-26-8-4-7-25(36-26)28(39)33-17-19-9-15-22(16-10-19)35-27(38)24-6-3-2-5-23(24)20-11-13-21(14-12-20)29(30,31)32/h2-16H,17H2,1H3,(H,33,39)(H,35,38)(H,34,36,37). The lowest BCUT2D eigenvalue weighted by Crippen LogP contribution is -2.24. The molecule has 0 fully saturated rings. The number of hydrogen-bond donors (Lipinski definition) is 3. The summed E-state index contributed by atoms with van der Waals surface area (Å²) in [7, 11) is 0. The van der Waals surface area contributed by atoms with E-state index in [0.29, 0.717) is 22.4 Å². The van der Waals surface area contributed by atoms with Crippen LogP contribution in [0.25, 0.3) is 11.1 Å². The molecule has 0 aliphatic carbocycles. The summed E-state index contributed by atoms with van der Waals surface area (Å²) in [5.74, 6) is -0.860. The molecule has 0 aliphatic heterocycles. The third kappa shape index (κ3) is 7.07. The fourth-order valence-electron chi connectivity index (χ4n) is 3.76. The molecule has 0 bridgehead atoms. The van der Waals surface area contributed by atoms with Crippen LogP contribution in [-0.2, 0) is 17.5 Å². The summed E-state index contributed by atoms with van der Waals surface area (Å²) in [4.78, 5) is 40.7. The van der Waals surface area contributed by atoms with Crippen molar-refractivity contribution in [3.63, 3.8) is 0 Å². The van der Waals surface area contributed by atoms with Gasteiger partial charge in [-0.1, -0.05) is 48.5 Å². The molecule has 0 aliphatic rings. The van der Waals surface area contributed by atoms with E-state index in [0.717, 1.165) is 17.7 Å². The first-order valence-electron chi connectivity index (χ1n) is 11.8. The summed E-state index contributed by atoms with van der Waals surface area (Å²) in [6.07, 6.45) is -4.44. The summed E-state index contributed by atoms with van der Waals surface area (Å²) in [6, 6.07) is 22.8. The van der Waals surface area contributed by atoms with Gasteiger partial charge in [0.15, 0.2) is 0 Å². The van der Waals surface area contributed by atoms with Gasteiger partial charge in [-0.05, 0) is 59.2 Å². The molecule has 0 spiro atoms. The van der Waals surface area contributed by atoms with E-state index in [9.17, 15) is 27.6 Å². The Kier molecular flexibility index (Phi) is 8.04. The summed E-state index contributed by atoms with van der Waals surface area (Å²) < 4.78 is 38.8. The molecule has 3 N–H and O–H groups in total. The monoisotopic (exact) mass is 532 g/mol. The van der Waals surface area contributed by atoms with Crippen molar-refractivity contribution in [2.75, 3.05) is 10.6 Å². The molecule has 0 radical (unpaired) electrons. The first kappa shape index (κ1) is 27.1. The van der Waals surface area contributed by atoms with Crippen molar-refractivity contribution in [2.45, 2.75) is 19.6 Å². The third-order valence-electron chi connectivity index (χ3n) is 5.65. The van der Waals surface area contributed by atoms with Crippen LogP contribution in [0.15, 0.2) is 91.0 Å². The first-order valence-corrected chi connectivity index (χ1v) is 11.8. The van der Waals surface area contributed by atoms with Gasteiger partial charge in [-0.2, -0.15) is 13.2 Å². The number of carbonyl (C=O) groups excluding carboxylic acids is 3. The molecule has 4 aromatic rings. The highest BCUT2D eigenvalue weighted by Crippen LogP contribution is 2.32. The third-order valence-corrected chi connectivity index (χ3v) is 5.65. The molecule has 4 rings (SSSR count). The van der Waals surface area contributed by atoms with Gasteiger partial charge in [0.25, 0.3) is 11.8 Å². The van der Waals surface area contributed by atoms with Gasteiger partial charge in [-0.3, -0.25) is 14.4 Å². The second-order valence-electron chi connectivity index (χ2n) is 8.54. The number of benzene rings is 3. The lowest BCUT2D eigenvalue weighted by Gasteiger charge is -2.12. The van der Waals surface area contributed by atoms with Gasteiger partial charge in [0, 0.05) is 24.7 Å². The fourth-order valence-corrected chi connectivity index (χ4v) is 3.76. The van der Waals surface area contributed by atoms with Gasteiger partial charge in [0.05, 0.1) is 5.56 Å². The van der Waals surface area contributed by atoms with Gasteiger partial charge in [0.2, 0.25) is 5.91 Å². The molecule has 198 valence electrons. The molecule has 7 nitrogen and oxygen atoms in total. The van der Waals surface area contributed by atoms with Crippen LogP contribution in [0.1, 0.15) is 38.9 Å². The lowest BCUT2D eigenvalue weighted by molar-refractivity contribution is -0.137. The minimum atomic E-state index is -4.44. The van der Waals surface area contributed by atoms with Crippen LogP contribution in [0.5, 0.6) is 0 Å². The molecule has 3 amide bonds. The number of alkyl halides is 3. The normalized spacial score (nSPS) is 11.0. The topological polar surface area (TPSA) is 100 Å². The second-order valence-corrected chi connectivity index (χ2v) is 8.54. The van der Waals surface area contributed by atoms with Crippen molar-refractivity contribution < 1.29 is 27.6 Å². The number of aromatic nitrogens is 1. The number of nitrogens with one attached hydrogen (secondary N) is 3. The summed E-state index contributed by atoms with van der Waals surface area (Å²) in [5, 5.41) is 8.06. The SMILES string of the molecule is CC(=O)Nc1cccc(C(=O)NCc2ccc(NC(=O)c3ccccc3-c3ccc(C(F)(F)F)cc3)cc2)n1. The molecule has 39 heavy (non-hydrogen) atoms. The van der Waals surface area contributed by atoms with Gasteiger partial charge in [-0.25, -0.2) is 4.98 Å². The molecule has 0 saturated heterocycles. The van der Waals surface area contributed by atoms with E-state index in [4.69, 9.17) is 0 Å². The van der Waals surface area contributed by atoms with Crippen LogP contribution in [-0.4, -0.2) is 22.7 Å². The quantitative estimate of drug-likeness (QED) is 0.276. The Labute approximate surface area is 222 Å². The molecule has 1 heterocycles. The summed E-state index contributed by atoms with van der Waals surface area (Å²) in [6.45, 7) is 1.55. The number of rotatable bonds is 7.